The fourth-order valence-electron chi connectivity index (χ4n) is 3.32. The number of nitrogens with one attached hydrogen (secondary N) is 1. The molecule has 0 saturated carbocycles. The number of likely N-dealkylation sites (tertiary alicyclic amines) is 1. The third kappa shape index (κ3) is 3.19. The molecule has 2 saturated heterocycles. The van der Waals surface area contributed by atoms with Crippen molar-refractivity contribution in [2.24, 2.45) is 11.7 Å². The van der Waals surface area contributed by atoms with Crippen molar-refractivity contribution in [3.8, 4) is 5.75 Å². The lowest BCUT2D eigenvalue weighted by atomic mass is 9.91. The molecule has 2 aliphatic rings. The zero-order chi connectivity index (χ0) is 14.7. The molecule has 0 aliphatic carbocycles. The second-order valence-electron chi connectivity index (χ2n) is 5.79. The highest BCUT2D eigenvalue weighted by Gasteiger charge is 2.40. The normalized spacial score (nSPS) is 25.5. The van der Waals surface area contributed by atoms with Crippen molar-refractivity contribution >= 4 is 5.91 Å². The number of nitrogens with zero attached hydrogens (tertiary/aromatic N) is 1. The van der Waals surface area contributed by atoms with Crippen LogP contribution in [0.1, 0.15) is 18.4 Å². The number of hydrogen-bond acceptors (Lipinski definition) is 4. The number of carbonyl (C=O) groups is 1. The Balaban J connectivity index is 1.49. The molecule has 2 fully saturated rings. The van der Waals surface area contributed by atoms with Crippen molar-refractivity contribution < 1.29 is 9.53 Å². The standard InChI is InChI=1S/C16H23N3O2/c17-10-12-3-5-13(6-4-12)21-9-8-19-7-1-2-14-15(19)11-18-16(14)20/h3-6,14-15H,1-2,7-11,17H2,(H,18,20). The van der Waals surface area contributed by atoms with E-state index in [0.717, 1.165) is 43.8 Å². The van der Waals surface area contributed by atoms with E-state index in [0.29, 0.717) is 19.2 Å². The molecule has 2 aliphatic heterocycles. The molecule has 114 valence electrons. The maximum absolute atomic E-state index is 11.7. The average Bonchev–Trinajstić information content (AvgIpc) is 2.91. The number of fused-ring (bicyclic) bond motifs is 1. The maximum Gasteiger partial charge on any atom is 0.224 e. The Morgan fingerprint density at radius 1 is 1.33 bits per heavy atom. The largest absolute Gasteiger partial charge is 0.492 e. The number of ether oxygens (including phenoxy) is 1. The van der Waals surface area contributed by atoms with Crippen molar-refractivity contribution in [3.05, 3.63) is 29.8 Å². The van der Waals surface area contributed by atoms with Crippen molar-refractivity contribution in [1.29, 1.82) is 0 Å². The molecule has 1 amide bonds. The summed E-state index contributed by atoms with van der Waals surface area (Å²) in [5.74, 6) is 1.28. The molecule has 0 spiro atoms. The zero-order valence-corrected chi connectivity index (χ0v) is 12.3. The van der Waals surface area contributed by atoms with E-state index in [1.807, 2.05) is 24.3 Å². The van der Waals surface area contributed by atoms with E-state index in [4.69, 9.17) is 10.5 Å². The highest BCUT2D eigenvalue weighted by molar-refractivity contribution is 5.82. The van der Waals surface area contributed by atoms with Gasteiger partial charge in [-0.3, -0.25) is 9.69 Å². The van der Waals surface area contributed by atoms with Gasteiger partial charge in [-0.05, 0) is 37.1 Å². The van der Waals surface area contributed by atoms with Crippen molar-refractivity contribution in [2.75, 3.05) is 26.2 Å². The minimum Gasteiger partial charge on any atom is -0.492 e. The van der Waals surface area contributed by atoms with Gasteiger partial charge in [0.2, 0.25) is 5.91 Å². The molecule has 5 nitrogen and oxygen atoms in total. The maximum atomic E-state index is 11.7. The summed E-state index contributed by atoms with van der Waals surface area (Å²) in [7, 11) is 0. The van der Waals surface area contributed by atoms with Gasteiger partial charge in [-0.15, -0.1) is 0 Å². The third-order valence-electron chi connectivity index (χ3n) is 4.52. The van der Waals surface area contributed by atoms with Crippen molar-refractivity contribution in [3.63, 3.8) is 0 Å². The SMILES string of the molecule is NCc1ccc(OCCN2CCCC3C(=O)NCC32)cc1. The number of benzene rings is 1. The third-order valence-corrected chi connectivity index (χ3v) is 4.52. The first-order valence-corrected chi connectivity index (χ1v) is 7.71. The molecule has 0 aromatic heterocycles. The van der Waals surface area contributed by atoms with E-state index >= 15 is 0 Å². The molecule has 3 N–H and O–H groups in total. The first-order chi connectivity index (χ1) is 10.3. The quantitative estimate of drug-likeness (QED) is 0.839. The number of amides is 1. The van der Waals surface area contributed by atoms with Gasteiger partial charge in [0.25, 0.3) is 0 Å². The lowest BCUT2D eigenvalue weighted by Gasteiger charge is -2.35. The summed E-state index contributed by atoms with van der Waals surface area (Å²) in [5, 5.41) is 2.98. The fourth-order valence-corrected chi connectivity index (χ4v) is 3.32. The number of nitrogens with two attached hydrogens (primary N) is 1. The van der Waals surface area contributed by atoms with Gasteiger partial charge in [0, 0.05) is 25.7 Å². The Hall–Kier alpha value is -1.59. The van der Waals surface area contributed by atoms with Gasteiger partial charge < -0.3 is 15.8 Å². The van der Waals surface area contributed by atoms with Crippen LogP contribution in [-0.2, 0) is 11.3 Å². The van der Waals surface area contributed by atoms with E-state index in [9.17, 15) is 4.79 Å². The lowest BCUT2D eigenvalue weighted by molar-refractivity contribution is -0.124. The van der Waals surface area contributed by atoms with Crippen LogP contribution in [0.5, 0.6) is 5.75 Å². The number of piperidine rings is 1. The monoisotopic (exact) mass is 289 g/mol. The molecule has 5 heteroatoms. The summed E-state index contributed by atoms with van der Waals surface area (Å²) in [5.41, 5.74) is 6.69. The van der Waals surface area contributed by atoms with Gasteiger partial charge in [-0.25, -0.2) is 0 Å². The van der Waals surface area contributed by atoms with Crippen LogP contribution in [0, 0.1) is 5.92 Å². The Bertz CT molecular complexity index is 489. The van der Waals surface area contributed by atoms with Gasteiger partial charge >= 0.3 is 0 Å². The Morgan fingerprint density at radius 2 is 2.14 bits per heavy atom. The average molecular weight is 289 g/mol. The van der Waals surface area contributed by atoms with Crippen molar-refractivity contribution in [2.45, 2.75) is 25.4 Å². The van der Waals surface area contributed by atoms with E-state index in [-0.39, 0.29) is 11.8 Å². The van der Waals surface area contributed by atoms with Gasteiger partial charge in [0.1, 0.15) is 12.4 Å². The predicted octanol–water partition coefficient (Wildman–Crippen LogP) is 0.734. The van der Waals surface area contributed by atoms with Crippen LogP contribution in [0.15, 0.2) is 24.3 Å². The second-order valence-corrected chi connectivity index (χ2v) is 5.79. The summed E-state index contributed by atoms with van der Waals surface area (Å²) in [6.07, 6.45) is 2.12. The molecular formula is C16H23N3O2. The molecule has 1 aromatic carbocycles. The van der Waals surface area contributed by atoms with Crippen LogP contribution in [0.4, 0.5) is 0 Å². The van der Waals surface area contributed by atoms with Crippen LogP contribution in [0.3, 0.4) is 0 Å². The van der Waals surface area contributed by atoms with Crippen LogP contribution < -0.4 is 15.8 Å². The zero-order valence-electron chi connectivity index (χ0n) is 12.3. The molecule has 3 rings (SSSR count). The highest BCUT2D eigenvalue weighted by atomic mass is 16.5. The molecule has 0 radical (unpaired) electrons. The second kappa shape index (κ2) is 6.45. The molecule has 0 bridgehead atoms. The lowest BCUT2D eigenvalue weighted by Crippen LogP contribution is -2.47. The minimum atomic E-state index is 0.183. The van der Waals surface area contributed by atoms with E-state index in [2.05, 4.69) is 10.2 Å². The summed E-state index contributed by atoms with van der Waals surface area (Å²) in [4.78, 5) is 14.1. The van der Waals surface area contributed by atoms with E-state index in [1.54, 1.807) is 0 Å². The Labute approximate surface area is 125 Å². The number of rotatable bonds is 5. The number of hydrogen-bond donors (Lipinski definition) is 2. The van der Waals surface area contributed by atoms with E-state index in [1.165, 1.54) is 0 Å². The van der Waals surface area contributed by atoms with Crippen LogP contribution in [-0.4, -0.2) is 43.1 Å². The van der Waals surface area contributed by atoms with Gasteiger partial charge in [0.05, 0.1) is 5.92 Å². The summed E-state index contributed by atoms with van der Waals surface area (Å²) in [6.45, 7) is 3.92. The smallest absolute Gasteiger partial charge is 0.224 e. The fraction of sp³-hybridized carbons (Fsp3) is 0.562. The summed E-state index contributed by atoms with van der Waals surface area (Å²) >= 11 is 0. The topological polar surface area (TPSA) is 67.6 Å². The van der Waals surface area contributed by atoms with Gasteiger partial charge in [0.15, 0.2) is 0 Å². The Kier molecular flexibility index (Phi) is 4.41. The van der Waals surface area contributed by atoms with Crippen LogP contribution >= 0.6 is 0 Å². The van der Waals surface area contributed by atoms with Crippen LogP contribution in [0.25, 0.3) is 0 Å². The first-order valence-electron chi connectivity index (χ1n) is 7.71. The first kappa shape index (κ1) is 14.4. The molecule has 2 unspecified atom stereocenters. The molecule has 2 atom stereocenters. The van der Waals surface area contributed by atoms with Gasteiger partial charge in [-0.2, -0.15) is 0 Å². The van der Waals surface area contributed by atoms with Crippen LogP contribution in [0.2, 0.25) is 0 Å². The van der Waals surface area contributed by atoms with Gasteiger partial charge in [-0.1, -0.05) is 12.1 Å². The predicted molar refractivity (Wildman–Crippen MR) is 80.9 cm³/mol. The molecule has 1 aromatic rings. The van der Waals surface area contributed by atoms with Crippen molar-refractivity contribution in [1.82, 2.24) is 10.2 Å². The minimum absolute atomic E-state index is 0.183. The molecular weight excluding hydrogens is 266 g/mol. The van der Waals surface area contributed by atoms with E-state index < -0.39 is 0 Å². The summed E-state index contributed by atoms with van der Waals surface area (Å²) < 4.78 is 5.80. The summed E-state index contributed by atoms with van der Waals surface area (Å²) in [6, 6.07) is 8.26. The Morgan fingerprint density at radius 3 is 2.90 bits per heavy atom. The molecule has 2 heterocycles. The number of carbonyl (C=O) groups excluding carboxylic acids is 1. The molecule has 21 heavy (non-hydrogen) atoms. The highest BCUT2D eigenvalue weighted by Crippen LogP contribution is 2.27.